The van der Waals surface area contributed by atoms with Gasteiger partial charge in [-0.25, -0.2) is 0 Å². The van der Waals surface area contributed by atoms with Gasteiger partial charge in [0.1, 0.15) is 0 Å². The van der Waals surface area contributed by atoms with Crippen LogP contribution in [0.2, 0.25) is 0 Å². The highest BCUT2D eigenvalue weighted by Crippen LogP contribution is 2.17. The van der Waals surface area contributed by atoms with E-state index in [4.69, 9.17) is 4.43 Å². The molecule has 90 valence electrons. The molecule has 0 spiro atoms. The summed E-state index contributed by atoms with van der Waals surface area (Å²) in [5, 5.41) is 11.9. The quantitative estimate of drug-likeness (QED) is 0.468. The molecule has 2 aromatic rings. The second-order valence-corrected chi connectivity index (χ2v) is 4.71. The molecule has 0 aliphatic carbocycles. The van der Waals surface area contributed by atoms with E-state index in [1.165, 1.54) is 6.07 Å². The average Bonchev–Trinajstić information content (AvgIpc) is 2.40. The summed E-state index contributed by atoms with van der Waals surface area (Å²) in [4.78, 5) is 10.4. The van der Waals surface area contributed by atoms with Crippen LogP contribution < -0.4 is 5.19 Å². The van der Waals surface area contributed by atoms with Crippen LogP contribution >= 0.6 is 0 Å². The lowest BCUT2D eigenvalue weighted by molar-refractivity contribution is -0.385. The highest BCUT2D eigenvalue weighted by molar-refractivity contribution is 6.46. The van der Waals surface area contributed by atoms with E-state index in [9.17, 15) is 10.1 Å². The Hall–Kier alpha value is -1.98. The average molecular weight is 257 g/mol. The van der Waals surface area contributed by atoms with E-state index in [1.54, 1.807) is 18.2 Å². The second-order valence-electron chi connectivity index (χ2n) is 3.64. The molecule has 0 saturated heterocycles. The summed E-state index contributed by atoms with van der Waals surface area (Å²) >= 11 is 0. The maximum Gasteiger partial charge on any atom is 0.274 e. The van der Waals surface area contributed by atoms with Crippen molar-refractivity contribution < 1.29 is 9.35 Å². The lowest BCUT2D eigenvalue weighted by Crippen LogP contribution is -2.16. The third-order valence-electron chi connectivity index (χ3n) is 2.38. The predicted molar refractivity (Wildman–Crippen MR) is 69.7 cm³/mol. The first-order valence-electron chi connectivity index (χ1n) is 5.42. The van der Waals surface area contributed by atoms with Gasteiger partial charge >= 0.3 is 0 Å². The molecular formula is C13H11NO3Si. The molecule has 0 amide bonds. The first-order valence-corrected chi connectivity index (χ1v) is 6.33. The molecule has 2 radical (unpaired) electrons. The minimum atomic E-state index is -0.385. The largest absolute Gasteiger partial charge is 0.407 e. The molecule has 0 aromatic heterocycles. The maximum absolute atomic E-state index is 10.8. The Morgan fingerprint density at radius 3 is 2.44 bits per heavy atom. The molecule has 5 heteroatoms. The second kappa shape index (κ2) is 6.09. The van der Waals surface area contributed by atoms with Crippen molar-refractivity contribution in [2.75, 3.05) is 0 Å². The maximum atomic E-state index is 10.8. The number of nitrogens with zero attached hydrogens (tertiary/aromatic N) is 1. The van der Waals surface area contributed by atoms with E-state index in [0.717, 1.165) is 5.19 Å². The topological polar surface area (TPSA) is 52.4 Å². The molecule has 0 unspecified atom stereocenters. The van der Waals surface area contributed by atoms with Crippen LogP contribution in [0, 0.1) is 10.1 Å². The Balaban J connectivity index is 1.97. The molecule has 0 aliphatic heterocycles. The SMILES string of the molecule is O=[N+]([O-])c1ccccc1CO[Si]c1ccccc1. The van der Waals surface area contributed by atoms with Gasteiger partial charge in [0.05, 0.1) is 17.1 Å². The number of rotatable bonds is 5. The van der Waals surface area contributed by atoms with Crippen molar-refractivity contribution in [1.29, 1.82) is 0 Å². The number of para-hydroxylation sites is 1. The molecular weight excluding hydrogens is 246 g/mol. The number of benzene rings is 2. The highest BCUT2D eigenvalue weighted by atomic mass is 28.2. The van der Waals surface area contributed by atoms with Crippen molar-refractivity contribution >= 4 is 20.6 Å². The van der Waals surface area contributed by atoms with E-state index in [-0.39, 0.29) is 27.0 Å². The van der Waals surface area contributed by atoms with Gasteiger partial charge in [-0.3, -0.25) is 10.1 Å². The Bertz CT molecular complexity index is 531. The lowest BCUT2D eigenvalue weighted by atomic mass is 10.2. The van der Waals surface area contributed by atoms with Gasteiger partial charge in [-0.05, 0) is 11.3 Å². The zero-order chi connectivity index (χ0) is 12.8. The van der Waals surface area contributed by atoms with E-state index in [2.05, 4.69) is 0 Å². The zero-order valence-electron chi connectivity index (χ0n) is 9.58. The lowest BCUT2D eigenvalue weighted by Gasteiger charge is -2.04. The van der Waals surface area contributed by atoms with Crippen molar-refractivity contribution in [2.24, 2.45) is 0 Å². The van der Waals surface area contributed by atoms with Gasteiger partial charge in [0.2, 0.25) is 0 Å². The van der Waals surface area contributed by atoms with E-state index in [0.29, 0.717) is 5.56 Å². The molecule has 2 rings (SSSR count). The monoisotopic (exact) mass is 257 g/mol. The van der Waals surface area contributed by atoms with Gasteiger partial charge in [0, 0.05) is 6.07 Å². The Morgan fingerprint density at radius 2 is 1.72 bits per heavy atom. The highest BCUT2D eigenvalue weighted by Gasteiger charge is 2.11. The standard InChI is InChI=1S/C13H11NO3Si/c15-14(16)13-9-5-4-6-11(13)10-17-18-12-7-2-1-3-8-12/h1-9H,10H2. The van der Waals surface area contributed by atoms with Crippen LogP contribution in [0.4, 0.5) is 5.69 Å². The Morgan fingerprint density at radius 1 is 1.06 bits per heavy atom. The molecule has 0 heterocycles. The number of nitro groups is 1. The van der Waals surface area contributed by atoms with Gasteiger partial charge in [0.15, 0.2) is 0 Å². The fourth-order valence-corrected chi connectivity index (χ4v) is 2.24. The van der Waals surface area contributed by atoms with Crippen LogP contribution in [0.3, 0.4) is 0 Å². The van der Waals surface area contributed by atoms with Crippen LogP contribution in [-0.4, -0.2) is 14.7 Å². The number of hydrogen-bond donors (Lipinski definition) is 0. The van der Waals surface area contributed by atoms with Gasteiger partial charge in [-0.2, -0.15) is 0 Å². The van der Waals surface area contributed by atoms with E-state index < -0.39 is 0 Å². The van der Waals surface area contributed by atoms with Crippen molar-refractivity contribution in [1.82, 2.24) is 0 Å². The first-order chi connectivity index (χ1) is 8.77. The van der Waals surface area contributed by atoms with Gasteiger partial charge in [-0.15, -0.1) is 0 Å². The number of hydrogen-bond acceptors (Lipinski definition) is 3. The molecule has 0 saturated carbocycles. The molecule has 0 aliphatic rings. The fourth-order valence-electron chi connectivity index (χ4n) is 1.51. The third kappa shape index (κ3) is 3.25. The van der Waals surface area contributed by atoms with Crippen LogP contribution in [0.5, 0.6) is 0 Å². The predicted octanol–water partition coefficient (Wildman–Crippen LogP) is 2.06. The van der Waals surface area contributed by atoms with Crippen LogP contribution in [0.25, 0.3) is 0 Å². The fraction of sp³-hybridized carbons (Fsp3) is 0.0769. The van der Waals surface area contributed by atoms with Gasteiger partial charge in [0.25, 0.3) is 15.5 Å². The number of nitro benzene ring substituents is 1. The first kappa shape index (κ1) is 12.5. The van der Waals surface area contributed by atoms with Gasteiger partial charge < -0.3 is 4.43 Å². The summed E-state index contributed by atoms with van der Waals surface area (Å²) in [5.74, 6) is 0. The molecule has 0 fully saturated rings. The normalized spacial score (nSPS) is 10.2. The van der Waals surface area contributed by atoms with Crippen molar-refractivity contribution in [2.45, 2.75) is 6.61 Å². The summed E-state index contributed by atoms with van der Waals surface area (Å²) in [6, 6.07) is 16.4. The van der Waals surface area contributed by atoms with Crippen molar-refractivity contribution in [3.8, 4) is 0 Å². The third-order valence-corrected chi connectivity index (χ3v) is 3.24. The molecule has 0 bridgehead atoms. The summed E-state index contributed by atoms with van der Waals surface area (Å²) in [7, 11) is 0.197. The van der Waals surface area contributed by atoms with Crippen molar-refractivity contribution in [3.63, 3.8) is 0 Å². The Labute approximate surface area is 107 Å². The van der Waals surface area contributed by atoms with E-state index in [1.807, 2.05) is 30.3 Å². The molecule has 4 nitrogen and oxygen atoms in total. The van der Waals surface area contributed by atoms with Crippen LogP contribution in [0.1, 0.15) is 5.56 Å². The summed E-state index contributed by atoms with van der Waals surface area (Å²) in [6.07, 6.45) is 0. The molecule has 0 N–H and O–H groups in total. The summed E-state index contributed by atoms with van der Waals surface area (Å²) in [5.41, 5.74) is 0.710. The molecule has 18 heavy (non-hydrogen) atoms. The smallest absolute Gasteiger partial charge is 0.274 e. The zero-order valence-corrected chi connectivity index (χ0v) is 10.6. The minimum absolute atomic E-state index is 0.107. The molecule has 2 aromatic carbocycles. The Kier molecular flexibility index (Phi) is 4.22. The summed E-state index contributed by atoms with van der Waals surface area (Å²) < 4.78 is 5.52. The van der Waals surface area contributed by atoms with Crippen LogP contribution in [0.15, 0.2) is 54.6 Å². The molecule has 0 atom stereocenters. The summed E-state index contributed by atoms with van der Waals surface area (Å²) in [6.45, 7) is 0.254. The van der Waals surface area contributed by atoms with Crippen LogP contribution in [-0.2, 0) is 11.0 Å². The van der Waals surface area contributed by atoms with Gasteiger partial charge in [-0.1, -0.05) is 42.5 Å². The van der Waals surface area contributed by atoms with Crippen molar-refractivity contribution in [3.05, 3.63) is 70.3 Å². The van der Waals surface area contributed by atoms with E-state index >= 15 is 0 Å². The minimum Gasteiger partial charge on any atom is -0.407 e.